The number of nitrogens with zero attached hydrogens (tertiary/aromatic N) is 3. The number of hydrogen-bond acceptors (Lipinski definition) is 6. The minimum absolute atomic E-state index is 0.0820. The van der Waals surface area contributed by atoms with E-state index in [1.54, 1.807) is 6.07 Å². The molecule has 23 heavy (non-hydrogen) atoms. The zero-order chi connectivity index (χ0) is 16.4. The predicted octanol–water partition coefficient (Wildman–Crippen LogP) is 0.948. The van der Waals surface area contributed by atoms with Gasteiger partial charge in [0.25, 0.3) is 5.91 Å². The van der Waals surface area contributed by atoms with Gasteiger partial charge in [0.1, 0.15) is 17.8 Å². The van der Waals surface area contributed by atoms with Crippen molar-refractivity contribution < 1.29 is 13.2 Å². The van der Waals surface area contributed by atoms with Gasteiger partial charge in [-0.05, 0) is 25.2 Å². The number of carbonyl (C=O) groups excluding carboxylic acids is 1. The molecule has 2 fully saturated rings. The molecule has 0 aromatic carbocycles. The van der Waals surface area contributed by atoms with Gasteiger partial charge in [0, 0.05) is 25.2 Å². The Morgan fingerprint density at radius 1 is 1.26 bits per heavy atom. The van der Waals surface area contributed by atoms with Gasteiger partial charge in [0.15, 0.2) is 9.84 Å². The maximum Gasteiger partial charge on any atom is 0.272 e. The first-order valence-corrected chi connectivity index (χ1v) is 9.83. The van der Waals surface area contributed by atoms with Crippen LogP contribution in [0, 0.1) is 5.92 Å². The van der Waals surface area contributed by atoms with Crippen LogP contribution >= 0.6 is 0 Å². The fourth-order valence-corrected chi connectivity index (χ4v) is 4.72. The van der Waals surface area contributed by atoms with Crippen molar-refractivity contribution in [2.45, 2.75) is 32.2 Å². The summed E-state index contributed by atoms with van der Waals surface area (Å²) >= 11 is 0. The third-order valence-corrected chi connectivity index (χ3v) is 6.31. The summed E-state index contributed by atoms with van der Waals surface area (Å²) in [5, 5.41) is 3.10. The summed E-state index contributed by atoms with van der Waals surface area (Å²) in [6.45, 7) is 3.71. The van der Waals surface area contributed by atoms with Gasteiger partial charge in [0.2, 0.25) is 0 Å². The maximum atomic E-state index is 12.5. The van der Waals surface area contributed by atoms with Crippen LogP contribution in [0.5, 0.6) is 0 Å². The number of rotatable bonds is 3. The van der Waals surface area contributed by atoms with E-state index in [1.165, 1.54) is 6.33 Å². The molecule has 2 aliphatic heterocycles. The summed E-state index contributed by atoms with van der Waals surface area (Å²) in [4.78, 5) is 22.5. The summed E-state index contributed by atoms with van der Waals surface area (Å²) in [5.74, 6) is 1.40. The Labute approximate surface area is 136 Å². The highest BCUT2D eigenvalue weighted by molar-refractivity contribution is 7.91. The molecule has 7 nitrogen and oxygen atoms in total. The van der Waals surface area contributed by atoms with Crippen molar-refractivity contribution in [2.24, 2.45) is 5.92 Å². The van der Waals surface area contributed by atoms with E-state index in [1.807, 2.05) is 4.90 Å². The van der Waals surface area contributed by atoms with Gasteiger partial charge in [-0.3, -0.25) is 4.79 Å². The highest BCUT2D eigenvalue weighted by atomic mass is 32.2. The normalized spacial score (nSPS) is 24.6. The molecule has 0 spiro atoms. The Morgan fingerprint density at radius 3 is 2.65 bits per heavy atom. The lowest BCUT2D eigenvalue weighted by molar-refractivity contribution is 0.0691. The average molecular weight is 338 g/mol. The number of carbonyl (C=O) groups is 1. The summed E-state index contributed by atoms with van der Waals surface area (Å²) in [7, 11) is -2.95. The third kappa shape index (κ3) is 3.99. The fraction of sp³-hybridized carbons (Fsp3) is 0.667. The van der Waals surface area contributed by atoms with E-state index < -0.39 is 9.84 Å². The Bertz CT molecular complexity index is 684. The first-order valence-electron chi connectivity index (χ1n) is 8.01. The number of piperidine rings is 1. The van der Waals surface area contributed by atoms with Gasteiger partial charge >= 0.3 is 0 Å². The summed E-state index contributed by atoms with van der Waals surface area (Å²) < 4.78 is 23.0. The zero-order valence-electron chi connectivity index (χ0n) is 13.2. The van der Waals surface area contributed by atoms with Crippen LogP contribution in [0.4, 0.5) is 5.82 Å². The van der Waals surface area contributed by atoms with Gasteiger partial charge in [0.05, 0.1) is 11.5 Å². The molecule has 2 aliphatic rings. The Kier molecular flexibility index (Phi) is 4.52. The van der Waals surface area contributed by atoms with Crippen molar-refractivity contribution in [1.29, 1.82) is 0 Å². The second-order valence-electron chi connectivity index (χ2n) is 6.51. The quantitative estimate of drug-likeness (QED) is 0.882. The summed E-state index contributed by atoms with van der Waals surface area (Å²) in [6, 6.07) is 1.47. The largest absolute Gasteiger partial charge is 0.366 e. The molecule has 2 saturated heterocycles. The minimum atomic E-state index is -2.95. The number of sulfone groups is 1. The van der Waals surface area contributed by atoms with Crippen molar-refractivity contribution in [2.75, 3.05) is 29.9 Å². The molecular weight excluding hydrogens is 316 g/mol. The van der Waals surface area contributed by atoms with E-state index in [0.29, 0.717) is 23.9 Å². The predicted molar refractivity (Wildman–Crippen MR) is 87.0 cm³/mol. The summed E-state index contributed by atoms with van der Waals surface area (Å²) in [6.07, 6.45) is 3.95. The lowest BCUT2D eigenvalue weighted by atomic mass is 9.99. The van der Waals surface area contributed by atoms with Crippen molar-refractivity contribution >= 4 is 21.6 Å². The lowest BCUT2D eigenvalue weighted by Crippen LogP contribution is -2.38. The highest BCUT2D eigenvalue weighted by Gasteiger charge is 2.28. The molecule has 8 heteroatoms. The third-order valence-electron chi connectivity index (χ3n) is 4.54. The molecule has 1 aromatic rings. The molecule has 1 unspecified atom stereocenters. The van der Waals surface area contributed by atoms with Crippen LogP contribution in [0.25, 0.3) is 0 Å². The fourth-order valence-electron chi connectivity index (χ4n) is 3.04. The molecule has 3 heterocycles. The molecule has 0 aliphatic carbocycles. The lowest BCUT2D eigenvalue weighted by Gasteiger charge is -2.30. The van der Waals surface area contributed by atoms with Crippen LogP contribution in [-0.4, -0.2) is 59.8 Å². The molecule has 0 radical (unpaired) electrons. The number of likely N-dealkylation sites (tertiary alicyclic amines) is 1. The van der Waals surface area contributed by atoms with Crippen LogP contribution < -0.4 is 5.32 Å². The Balaban J connectivity index is 1.66. The first-order chi connectivity index (χ1) is 10.9. The van der Waals surface area contributed by atoms with Crippen molar-refractivity contribution in [3.8, 4) is 0 Å². The molecule has 1 atom stereocenters. The van der Waals surface area contributed by atoms with Gasteiger partial charge in [-0.15, -0.1) is 0 Å². The first kappa shape index (κ1) is 16.2. The van der Waals surface area contributed by atoms with Crippen molar-refractivity contribution in [1.82, 2.24) is 14.9 Å². The van der Waals surface area contributed by atoms with E-state index in [-0.39, 0.29) is 23.5 Å². The number of hydrogen-bond donors (Lipinski definition) is 1. The van der Waals surface area contributed by atoms with Crippen LogP contribution in [-0.2, 0) is 9.84 Å². The number of nitrogens with one attached hydrogen (secondary N) is 1. The highest BCUT2D eigenvalue weighted by Crippen LogP contribution is 2.19. The molecule has 1 N–H and O–H groups in total. The molecule has 3 rings (SSSR count). The molecule has 1 amide bonds. The van der Waals surface area contributed by atoms with Crippen molar-refractivity contribution in [3.05, 3.63) is 18.1 Å². The van der Waals surface area contributed by atoms with E-state index in [9.17, 15) is 13.2 Å². The Morgan fingerprint density at radius 2 is 2.00 bits per heavy atom. The van der Waals surface area contributed by atoms with Crippen LogP contribution in [0.15, 0.2) is 12.4 Å². The van der Waals surface area contributed by atoms with E-state index >= 15 is 0 Å². The molecule has 0 bridgehead atoms. The van der Waals surface area contributed by atoms with Crippen LogP contribution in [0.2, 0.25) is 0 Å². The second-order valence-corrected chi connectivity index (χ2v) is 8.74. The number of anilines is 1. The topological polar surface area (TPSA) is 92.3 Å². The van der Waals surface area contributed by atoms with Crippen LogP contribution in [0.1, 0.15) is 36.7 Å². The summed E-state index contributed by atoms with van der Waals surface area (Å²) in [5.41, 5.74) is 0.359. The van der Waals surface area contributed by atoms with E-state index in [4.69, 9.17) is 0 Å². The van der Waals surface area contributed by atoms with Gasteiger partial charge in [-0.2, -0.15) is 0 Å². The standard InChI is InChI=1S/C15H22N4O3S/c1-11-2-5-19(6-3-11)15(20)13-8-14(17-10-16-13)18-12-4-7-23(21,22)9-12/h8,10-12H,2-7,9H2,1H3,(H,16,17,18). The second kappa shape index (κ2) is 6.43. The number of amides is 1. The maximum absolute atomic E-state index is 12.5. The monoisotopic (exact) mass is 338 g/mol. The van der Waals surface area contributed by atoms with Crippen molar-refractivity contribution in [3.63, 3.8) is 0 Å². The molecular formula is C15H22N4O3S. The zero-order valence-corrected chi connectivity index (χ0v) is 14.1. The Hall–Kier alpha value is -1.70. The molecule has 0 saturated carbocycles. The number of aromatic nitrogens is 2. The SMILES string of the molecule is CC1CCN(C(=O)c2cc(NC3CCS(=O)(=O)C3)ncn2)CC1. The van der Waals surface area contributed by atoms with E-state index in [2.05, 4.69) is 22.2 Å². The van der Waals surface area contributed by atoms with E-state index in [0.717, 1.165) is 25.9 Å². The van der Waals surface area contributed by atoms with Gasteiger partial charge in [-0.25, -0.2) is 18.4 Å². The minimum Gasteiger partial charge on any atom is -0.366 e. The molecule has 1 aromatic heterocycles. The van der Waals surface area contributed by atoms with Gasteiger partial charge < -0.3 is 10.2 Å². The smallest absolute Gasteiger partial charge is 0.272 e. The van der Waals surface area contributed by atoms with Crippen LogP contribution in [0.3, 0.4) is 0 Å². The van der Waals surface area contributed by atoms with Gasteiger partial charge in [-0.1, -0.05) is 6.92 Å². The average Bonchev–Trinajstić information content (AvgIpc) is 2.86. The molecule has 126 valence electrons.